The van der Waals surface area contributed by atoms with Gasteiger partial charge in [-0.1, -0.05) is 0 Å². The summed E-state index contributed by atoms with van der Waals surface area (Å²) in [6, 6.07) is 0. The lowest BCUT2D eigenvalue weighted by atomic mass is 10.2. The molecule has 90 valence electrons. The van der Waals surface area contributed by atoms with Gasteiger partial charge in [-0.3, -0.25) is 4.57 Å². The Bertz CT molecular complexity index is 399. The van der Waals surface area contributed by atoms with Crippen LogP contribution in [0.5, 0.6) is 0 Å². The molecule has 1 aromatic rings. The molecule has 0 saturated heterocycles. The zero-order valence-corrected chi connectivity index (χ0v) is 10.2. The summed E-state index contributed by atoms with van der Waals surface area (Å²) in [6.45, 7) is 2.49. The molecule has 0 unspecified atom stereocenters. The molecule has 5 nitrogen and oxygen atoms in total. The number of aryl methyl sites for hydroxylation is 1. The number of fused-ring (bicyclic) bond motifs is 1. The number of nitrogens with zero attached hydrogens (tertiary/aromatic N) is 3. The van der Waals surface area contributed by atoms with E-state index >= 15 is 0 Å². The summed E-state index contributed by atoms with van der Waals surface area (Å²) in [5.41, 5.74) is 0.00386. The van der Waals surface area contributed by atoms with E-state index in [0.717, 1.165) is 31.6 Å². The molecule has 0 saturated carbocycles. The maximum Gasteiger partial charge on any atom is 0.345 e. The normalized spacial score (nSPS) is 15.1. The monoisotopic (exact) mass is 243 g/mol. The van der Waals surface area contributed by atoms with Gasteiger partial charge in [-0.15, -0.1) is 0 Å². The van der Waals surface area contributed by atoms with Crippen LogP contribution in [0.25, 0.3) is 0 Å². The fourth-order valence-corrected chi connectivity index (χ4v) is 2.04. The maximum absolute atomic E-state index is 11.9. The van der Waals surface area contributed by atoms with Crippen LogP contribution >= 0.6 is 12.6 Å². The third-order valence-electron chi connectivity index (χ3n) is 2.71. The zero-order valence-electron chi connectivity index (χ0n) is 9.26. The van der Waals surface area contributed by atoms with Crippen LogP contribution in [0.4, 0.5) is 0 Å². The molecular weight excluding hydrogens is 226 g/mol. The van der Waals surface area contributed by atoms with Gasteiger partial charge in [0.05, 0.1) is 19.8 Å². The predicted molar refractivity (Wildman–Crippen MR) is 64.1 cm³/mol. The third-order valence-corrected chi connectivity index (χ3v) is 2.90. The van der Waals surface area contributed by atoms with Gasteiger partial charge >= 0.3 is 5.69 Å². The van der Waals surface area contributed by atoms with Crippen molar-refractivity contribution in [3.63, 3.8) is 0 Å². The Morgan fingerprint density at radius 3 is 3.00 bits per heavy atom. The first kappa shape index (κ1) is 11.7. The van der Waals surface area contributed by atoms with Crippen LogP contribution in [0.15, 0.2) is 4.79 Å². The molecule has 2 heterocycles. The molecule has 0 N–H and O–H groups in total. The number of thiol groups is 1. The minimum absolute atomic E-state index is 0.00386. The molecule has 0 bridgehead atoms. The second-order valence-electron chi connectivity index (χ2n) is 3.87. The first-order valence-electron chi connectivity index (χ1n) is 5.68. The fraction of sp³-hybridized carbons (Fsp3) is 0.800. The number of rotatable bonds is 5. The minimum atomic E-state index is 0.00386. The van der Waals surface area contributed by atoms with Crippen molar-refractivity contribution in [1.29, 1.82) is 0 Å². The smallest absolute Gasteiger partial charge is 0.345 e. The van der Waals surface area contributed by atoms with Crippen molar-refractivity contribution in [3.8, 4) is 0 Å². The lowest BCUT2D eigenvalue weighted by molar-refractivity contribution is 0.137. The van der Waals surface area contributed by atoms with Gasteiger partial charge in [-0.2, -0.15) is 17.7 Å². The molecule has 0 spiro atoms. The molecule has 1 aromatic heterocycles. The largest absolute Gasteiger partial charge is 0.379 e. The summed E-state index contributed by atoms with van der Waals surface area (Å²) in [5, 5.41) is 4.32. The maximum atomic E-state index is 11.9. The van der Waals surface area contributed by atoms with Crippen LogP contribution in [-0.2, 0) is 24.2 Å². The summed E-state index contributed by atoms with van der Waals surface area (Å²) in [5.74, 6) is 1.62. The van der Waals surface area contributed by atoms with Gasteiger partial charge in [0.2, 0.25) is 0 Å². The van der Waals surface area contributed by atoms with E-state index in [0.29, 0.717) is 25.5 Å². The van der Waals surface area contributed by atoms with Crippen molar-refractivity contribution < 1.29 is 4.74 Å². The summed E-state index contributed by atoms with van der Waals surface area (Å²) >= 11 is 4.05. The van der Waals surface area contributed by atoms with Crippen molar-refractivity contribution in [3.05, 3.63) is 16.3 Å². The highest BCUT2D eigenvalue weighted by Crippen LogP contribution is 2.08. The van der Waals surface area contributed by atoms with Crippen molar-refractivity contribution in [2.45, 2.75) is 32.4 Å². The summed E-state index contributed by atoms with van der Waals surface area (Å²) in [6.07, 6.45) is 3.13. The highest BCUT2D eigenvalue weighted by atomic mass is 32.1. The van der Waals surface area contributed by atoms with E-state index in [1.807, 2.05) is 0 Å². The van der Waals surface area contributed by atoms with E-state index in [2.05, 4.69) is 17.7 Å². The van der Waals surface area contributed by atoms with Gasteiger partial charge in [0, 0.05) is 18.7 Å². The summed E-state index contributed by atoms with van der Waals surface area (Å²) < 4.78 is 8.58. The molecule has 0 radical (unpaired) electrons. The summed E-state index contributed by atoms with van der Waals surface area (Å²) in [7, 11) is 0. The molecule has 0 atom stereocenters. The Balaban J connectivity index is 1.99. The first-order chi connectivity index (χ1) is 7.83. The number of aromatic nitrogens is 3. The van der Waals surface area contributed by atoms with Gasteiger partial charge < -0.3 is 4.74 Å². The predicted octanol–water partition coefficient (Wildman–Crippen LogP) is 0.327. The van der Waals surface area contributed by atoms with Gasteiger partial charge in [-0.25, -0.2) is 9.48 Å². The standard InChI is InChI=1S/C10H17N3O2S/c14-10-12-4-2-1-3-9(12)11-13(10)5-6-15-7-8-16/h16H,1-8H2. The Hall–Kier alpha value is -0.750. The Morgan fingerprint density at radius 1 is 1.38 bits per heavy atom. The lowest BCUT2D eigenvalue weighted by Gasteiger charge is -2.09. The van der Waals surface area contributed by atoms with E-state index in [1.54, 1.807) is 4.57 Å². The van der Waals surface area contributed by atoms with Crippen LogP contribution < -0.4 is 5.69 Å². The average Bonchev–Trinajstić information content (AvgIpc) is 2.63. The van der Waals surface area contributed by atoms with Crippen LogP contribution in [0.3, 0.4) is 0 Å². The van der Waals surface area contributed by atoms with Crippen molar-refractivity contribution in [2.75, 3.05) is 19.0 Å². The number of ether oxygens (including phenoxy) is 1. The average molecular weight is 243 g/mol. The fourth-order valence-electron chi connectivity index (χ4n) is 1.91. The molecule has 16 heavy (non-hydrogen) atoms. The van der Waals surface area contributed by atoms with E-state index in [1.165, 1.54) is 4.68 Å². The van der Waals surface area contributed by atoms with Gasteiger partial charge in [-0.05, 0) is 12.8 Å². The van der Waals surface area contributed by atoms with Gasteiger partial charge in [0.1, 0.15) is 5.82 Å². The van der Waals surface area contributed by atoms with E-state index in [4.69, 9.17) is 4.74 Å². The Morgan fingerprint density at radius 2 is 2.25 bits per heavy atom. The zero-order chi connectivity index (χ0) is 11.4. The second kappa shape index (κ2) is 5.54. The van der Waals surface area contributed by atoms with Gasteiger partial charge in [0.15, 0.2) is 0 Å². The molecule has 0 fully saturated rings. The summed E-state index contributed by atoms with van der Waals surface area (Å²) in [4.78, 5) is 11.9. The van der Waals surface area contributed by atoms with E-state index < -0.39 is 0 Å². The lowest BCUT2D eigenvalue weighted by Crippen LogP contribution is -2.28. The Labute approximate surface area is 99.8 Å². The number of hydrogen-bond donors (Lipinski definition) is 1. The molecule has 1 aliphatic heterocycles. The number of hydrogen-bond acceptors (Lipinski definition) is 4. The third kappa shape index (κ3) is 2.49. The van der Waals surface area contributed by atoms with E-state index in [9.17, 15) is 4.79 Å². The van der Waals surface area contributed by atoms with E-state index in [-0.39, 0.29) is 5.69 Å². The molecule has 1 aliphatic rings. The Kier molecular flexibility index (Phi) is 4.06. The molecule has 0 amide bonds. The molecule has 0 aromatic carbocycles. The van der Waals surface area contributed by atoms with Crippen molar-refractivity contribution in [1.82, 2.24) is 14.3 Å². The van der Waals surface area contributed by atoms with Crippen LogP contribution in [-0.4, -0.2) is 33.3 Å². The van der Waals surface area contributed by atoms with Crippen LogP contribution in [0, 0.1) is 0 Å². The first-order valence-corrected chi connectivity index (χ1v) is 6.31. The van der Waals surface area contributed by atoms with Crippen LogP contribution in [0.1, 0.15) is 18.7 Å². The molecule has 2 rings (SSSR count). The van der Waals surface area contributed by atoms with Crippen molar-refractivity contribution >= 4 is 12.6 Å². The van der Waals surface area contributed by atoms with Crippen LogP contribution in [0.2, 0.25) is 0 Å². The molecular formula is C10H17N3O2S. The molecule has 0 aliphatic carbocycles. The topological polar surface area (TPSA) is 49.1 Å². The van der Waals surface area contributed by atoms with Gasteiger partial charge in [0.25, 0.3) is 0 Å². The SMILES string of the molecule is O=c1n(CCOCCS)nc2n1CCCC2. The highest BCUT2D eigenvalue weighted by Gasteiger charge is 2.15. The van der Waals surface area contributed by atoms with Crippen molar-refractivity contribution in [2.24, 2.45) is 0 Å². The minimum Gasteiger partial charge on any atom is -0.379 e. The quantitative estimate of drug-likeness (QED) is 0.599. The second-order valence-corrected chi connectivity index (χ2v) is 4.31. The highest BCUT2D eigenvalue weighted by molar-refractivity contribution is 7.80. The molecule has 6 heteroatoms.